The fourth-order valence-electron chi connectivity index (χ4n) is 2.53. The molecule has 0 radical (unpaired) electrons. The molecule has 2 heterocycles. The number of nitrogens with zero attached hydrogens (tertiary/aromatic N) is 4. The van der Waals surface area contributed by atoms with E-state index in [0.717, 1.165) is 25.2 Å². The van der Waals surface area contributed by atoms with E-state index in [-0.39, 0.29) is 12.1 Å². The molecule has 2 rings (SSSR count). The Labute approximate surface area is 136 Å². The summed E-state index contributed by atoms with van der Waals surface area (Å²) in [6, 6.07) is 1.84. The van der Waals surface area contributed by atoms with E-state index in [1.54, 1.807) is 6.07 Å². The van der Waals surface area contributed by atoms with E-state index >= 15 is 0 Å². The zero-order valence-electron chi connectivity index (χ0n) is 13.5. The number of likely N-dealkylation sites (tertiary alicyclic amines) is 1. The van der Waals surface area contributed by atoms with Crippen molar-refractivity contribution in [1.29, 1.82) is 0 Å². The number of anilines is 1. The van der Waals surface area contributed by atoms with Crippen molar-refractivity contribution in [2.45, 2.75) is 45.3 Å². The van der Waals surface area contributed by atoms with Gasteiger partial charge in [-0.3, -0.25) is 0 Å². The predicted octanol–water partition coefficient (Wildman–Crippen LogP) is 2.97. The van der Waals surface area contributed by atoms with Gasteiger partial charge in [0.15, 0.2) is 0 Å². The number of carbonyl (C=O) groups is 1. The number of carbonyl (C=O) groups excluding carboxylic acids is 1. The van der Waals surface area contributed by atoms with E-state index in [0.29, 0.717) is 11.7 Å². The van der Waals surface area contributed by atoms with Crippen LogP contribution in [-0.2, 0) is 4.74 Å². The summed E-state index contributed by atoms with van der Waals surface area (Å²) in [5.74, 6) is 0.746. The van der Waals surface area contributed by atoms with E-state index in [9.17, 15) is 4.79 Å². The monoisotopic (exact) mass is 326 g/mol. The average Bonchev–Trinajstić information content (AvgIpc) is 2.85. The first kappa shape index (κ1) is 16.8. The zero-order valence-corrected chi connectivity index (χ0v) is 14.3. The molecule has 1 unspecified atom stereocenters. The van der Waals surface area contributed by atoms with E-state index < -0.39 is 5.60 Å². The summed E-state index contributed by atoms with van der Waals surface area (Å²) in [4.78, 5) is 24.2. The maximum absolute atomic E-state index is 12.3. The zero-order chi connectivity index (χ0) is 16.3. The lowest BCUT2D eigenvalue weighted by molar-refractivity contribution is 0.0232. The van der Waals surface area contributed by atoms with E-state index in [2.05, 4.69) is 9.97 Å². The lowest BCUT2D eigenvalue weighted by Gasteiger charge is -2.31. The van der Waals surface area contributed by atoms with Crippen LogP contribution in [0.2, 0.25) is 5.15 Å². The van der Waals surface area contributed by atoms with Crippen molar-refractivity contribution in [2.24, 2.45) is 0 Å². The summed E-state index contributed by atoms with van der Waals surface area (Å²) in [6.45, 7) is 7.06. The van der Waals surface area contributed by atoms with Crippen LogP contribution in [0.5, 0.6) is 0 Å². The number of ether oxygens (including phenoxy) is 1. The number of halogens is 1. The highest BCUT2D eigenvalue weighted by Gasteiger charge is 2.32. The minimum atomic E-state index is -0.476. The SMILES string of the molecule is CN(CC1CCCN1C(=O)OC(C)(C)C)c1cc(Cl)ncn1. The molecule has 1 saturated heterocycles. The van der Waals surface area contributed by atoms with Gasteiger partial charge in [0.1, 0.15) is 22.9 Å². The van der Waals surface area contributed by atoms with Crippen LogP contribution in [0.15, 0.2) is 12.4 Å². The number of aromatic nitrogens is 2. The molecule has 0 aromatic carbocycles. The quantitative estimate of drug-likeness (QED) is 0.799. The van der Waals surface area contributed by atoms with Gasteiger partial charge in [0.05, 0.1) is 6.04 Å². The summed E-state index contributed by atoms with van der Waals surface area (Å²) in [6.07, 6.45) is 3.14. The molecule has 1 fully saturated rings. The molecule has 1 amide bonds. The lowest BCUT2D eigenvalue weighted by Crippen LogP contribution is -2.44. The summed E-state index contributed by atoms with van der Waals surface area (Å²) in [5.41, 5.74) is -0.476. The Morgan fingerprint density at radius 2 is 2.23 bits per heavy atom. The number of hydrogen-bond donors (Lipinski definition) is 0. The fourth-order valence-corrected chi connectivity index (χ4v) is 2.67. The van der Waals surface area contributed by atoms with Gasteiger partial charge >= 0.3 is 6.09 Å². The van der Waals surface area contributed by atoms with Crippen molar-refractivity contribution in [2.75, 3.05) is 25.0 Å². The number of likely N-dealkylation sites (N-methyl/N-ethyl adjacent to an activating group) is 1. The van der Waals surface area contributed by atoms with E-state index in [1.807, 2.05) is 37.6 Å². The molecule has 0 saturated carbocycles. The van der Waals surface area contributed by atoms with Gasteiger partial charge in [-0.2, -0.15) is 0 Å². The highest BCUT2D eigenvalue weighted by Crippen LogP contribution is 2.23. The average molecular weight is 327 g/mol. The molecule has 0 spiro atoms. The van der Waals surface area contributed by atoms with Crippen molar-refractivity contribution in [3.05, 3.63) is 17.5 Å². The van der Waals surface area contributed by atoms with Gasteiger partial charge in [0.2, 0.25) is 0 Å². The molecule has 22 heavy (non-hydrogen) atoms. The first-order valence-corrected chi connectivity index (χ1v) is 7.82. The second-order valence-electron chi connectivity index (χ2n) is 6.55. The highest BCUT2D eigenvalue weighted by atomic mass is 35.5. The van der Waals surface area contributed by atoms with Gasteiger partial charge < -0.3 is 14.5 Å². The fraction of sp³-hybridized carbons (Fsp3) is 0.667. The molecular weight excluding hydrogens is 304 g/mol. The molecule has 1 aliphatic rings. The van der Waals surface area contributed by atoms with Crippen LogP contribution in [-0.4, -0.2) is 52.7 Å². The Morgan fingerprint density at radius 3 is 2.86 bits per heavy atom. The van der Waals surface area contributed by atoms with Crippen LogP contribution >= 0.6 is 11.6 Å². The summed E-state index contributed by atoms with van der Waals surface area (Å²) in [5, 5.41) is 0.410. The van der Waals surface area contributed by atoms with Gasteiger partial charge in [-0.1, -0.05) is 11.6 Å². The van der Waals surface area contributed by atoms with E-state index in [4.69, 9.17) is 16.3 Å². The number of amides is 1. The Hall–Kier alpha value is -1.56. The standard InChI is InChI=1S/C15H23ClN4O2/c1-15(2,3)22-14(21)20-7-5-6-11(20)9-19(4)13-8-12(16)17-10-18-13/h8,10-11H,5-7,9H2,1-4H3. The first-order valence-electron chi connectivity index (χ1n) is 7.44. The lowest BCUT2D eigenvalue weighted by atomic mass is 10.2. The Balaban J connectivity index is 2.00. The smallest absolute Gasteiger partial charge is 0.410 e. The highest BCUT2D eigenvalue weighted by molar-refractivity contribution is 6.29. The Bertz CT molecular complexity index is 533. The van der Waals surface area contributed by atoms with Crippen molar-refractivity contribution in [3.8, 4) is 0 Å². The predicted molar refractivity (Wildman–Crippen MR) is 86.3 cm³/mol. The molecule has 1 aromatic heterocycles. The van der Waals surface area contributed by atoms with Crippen LogP contribution < -0.4 is 4.90 Å². The van der Waals surface area contributed by atoms with Gasteiger partial charge in [-0.05, 0) is 33.6 Å². The van der Waals surface area contributed by atoms with Crippen LogP contribution in [0, 0.1) is 0 Å². The normalized spacial score (nSPS) is 18.4. The second-order valence-corrected chi connectivity index (χ2v) is 6.94. The first-order chi connectivity index (χ1) is 10.3. The Morgan fingerprint density at radius 1 is 1.50 bits per heavy atom. The van der Waals surface area contributed by atoms with Crippen molar-refractivity contribution < 1.29 is 9.53 Å². The van der Waals surface area contributed by atoms with E-state index in [1.165, 1.54) is 6.33 Å². The minimum absolute atomic E-state index is 0.119. The van der Waals surface area contributed by atoms with Crippen molar-refractivity contribution in [3.63, 3.8) is 0 Å². The number of rotatable bonds is 3. The van der Waals surface area contributed by atoms with Gasteiger partial charge in [0, 0.05) is 26.2 Å². The topological polar surface area (TPSA) is 58.6 Å². The third-order valence-electron chi connectivity index (χ3n) is 3.50. The molecule has 1 aromatic rings. The third kappa shape index (κ3) is 4.47. The van der Waals surface area contributed by atoms with Gasteiger partial charge in [0.25, 0.3) is 0 Å². The summed E-state index contributed by atoms with van der Waals surface area (Å²) >= 11 is 5.90. The maximum atomic E-state index is 12.3. The van der Waals surface area contributed by atoms with Gasteiger partial charge in [-0.25, -0.2) is 14.8 Å². The third-order valence-corrected chi connectivity index (χ3v) is 3.71. The molecular formula is C15H23ClN4O2. The van der Waals surface area contributed by atoms with Crippen LogP contribution in [0.4, 0.5) is 10.6 Å². The Kier molecular flexibility index (Phi) is 5.11. The second kappa shape index (κ2) is 6.69. The summed E-state index contributed by atoms with van der Waals surface area (Å²) < 4.78 is 5.48. The molecule has 1 atom stereocenters. The molecule has 0 bridgehead atoms. The number of hydrogen-bond acceptors (Lipinski definition) is 5. The minimum Gasteiger partial charge on any atom is -0.444 e. The molecule has 7 heteroatoms. The molecule has 1 aliphatic heterocycles. The molecule has 122 valence electrons. The van der Waals surface area contributed by atoms with Crippen molar-refractivity contribution >= 4 is 23.5 Å². The largest absolute Gasteiger partial charge is 0.444 e. The molecule has 6 nitrogen and oxygen atoms in total. The van der Waals surface area contributed by atoms with Crippen LogP contribution in [0.1, 0.15) is 33.6 Å². The molecule has 0 N–H and O–H groups in total. The molecule has 0 aliphatic carbocycles. The van der Waals surface area contributed by atoms with Crippen LogP contribution in [0.3, 0.4) is 0 Å². The van der Waals surface area contributed by atoms with Gasteiger partial charge in [-0.15, -0.1) is 0 Å². The van der Waals surface area contributed by atoms with Crippen molar-refractivity contribution in [1.82, 2.24) is 14.9 Å². The maximum Gasteiger partial charge on any atom is 0.410 e. The summed E-state index contributed by atoms with van der Waals surface area (Å²) in [7, 11) is 1.93. The van der Waals surface area contributed by atoms with Crippen LogP contribution in [0.25, 0.3) is 0 Å².